The van der Waals surface area contributed by atoms with E-state index in [0.29, 0.717) is 12.8 Å². The second kappa shape index (κ2) is 17.3. The maximum atomic E-state index is 10.8. The molecule has 0 saturated carbocycles. The second-order valence-corrected chi connectivity index (χ2v) is 8.10. The van der Waals surface area contributed by atoms with Crippen molar-refractivity contribution >= 4 is 17.4 Å². The van der Waals surface area contributed by atoms with E-state index in [0.717, 1.165) is 51.4 Å². The summed E-state index contributed by atoms with van der Waals surface area (Å²) in [7, 11) is 0. The Morgan fingerprint density at radius 3 is 1.96 bits per heavy atom. The van der Waals surface area contributed by atoms with Gasteiger partial charge in [-0.1, -0.05) is 71.1 Å². The largest absolute Gasteiger partial charge is 0.393 e. The van der Waals surface area contributed by atoms with Crippen LogP contribution in [0, 0.1) is 0 Å². The molecule has 0 aliphatic carbocycles. The molecule has 150 valence electrons. The monoisotopic (exact) mass is 376 g/mol. The highest BCUT2D eigenvalue weighted by molar-refractivity contribution is 6.21. The molecule has 0 rings (SSSR count). The van der Waals surface area contributed by atoms with Crippen molar-refractivity contribution in [2.75, 3.05) is 0 Å². The van der Waals surface area contributed by atoms with Crippen LogP contribution in [0.5, 0.6) is 0 Å². The third-order valence-electron chi connectivity index (χ3n) is 4.83. The Labute approximate surface area is 160 Å². The summed E-state index contributed by atoms with van der Waals surface area (Å²) >= 11 is 6.25. The van der Waals surface area contributed by atoms with Crippen molar-refractivity contribution in [3.63, 3.8) is 0 Å². The highest BCUT2D eigenvalue weighted by Gasteiger charge is 2.19. The van der Waals surface area contributed by atoms with Gasteiger partial charge in [0.05, 0.1) is 17.6 Å². The van der Waals surface area contributed by atoms with E-state index in [-0.39, 0.29) is 17.3 Å². The Morgan fingerprint density at radius 1 is 0.840 bits per heavy atom. The van der Waals surface area contributed by atoms with Crippen LogP contribution in [0.3, 0.4) is 0 Å². The maximum Gasteiger partial charge on any atom is 0.129 e. The predicted octanol–water partition coefficient (Wildman–Crippen LogP) is 5.78. The molecule has 3 nitrogen and oxygen atoms in total. The van der Waals surface area contributed by atoms with Gasteiger partial charge in [0, 0.05) is 6.42 Å². The van der Waals surface area contributed by atoms with Crippen molar-refractivity contribution < 1.29 is 15.0 Å². The number of alkyl halides is 1. The molecule has 3 atom stereocenters. The molecule has 2 N–H and O–H groups in total. The highest BCUT2D eigenvalue weighted by atomic mass is 35.5. The molecule has 0 aromatic heterocycles. The van der Waals surface area contributed by atoms with Gasteiger partial charge in [-0.2, -0.15) is 0 Å². The van der Waals surface area contributed by atoms with Gasteiger partial charge in [0.15, 0.2) is 0 Å². The summed E-state index contributed by atoms with van der Waals surface area (Å²) in [5, 5.41) is 19.8. The Morgan fingerprint density at radius 2 is 1.36 bits per heavy atom. The minimum Gasteiger partial charge on any atom is -0.393 e. The minimum absolute atomic E-state index is 0.288. The summed E-state index contributed by atoms with van der Waals surface area (Å²) in [6.45, 7) is 3.83. The second-order valence-electron chi connectivity index (χ2n) is 7.54. The number of aliphatic hydroxyl groups is 2. The molecular weight excluding hydrogens is 336 g/mol. The number of halogens is 1. The normalized spacial score (nSPS) is 15.1. The number of carbonyl (C=O) groups is 1. The number of aliphatic hydroxyl groups excluding tert-OH is 2. The minimum atomic E-state index is -0.512. The number of hydrogen-bond donors (Lipinski definition) is 2. The van der Waals surface area contributed by atoms with Gasteiger partial charge < -0.3 is 15.0 Å². The van der Waals surface area contributed by atoms with Gasteiger partial charge >= 0.3 is 0 Å². The summed E-state index contributed by atoms with van der Waals surface area (Å²) in [4.78, 5) is 10.8. The lowest BCUT2D eigenvalue weighted by molar-refractivity contribution is -0.117. The Balaban J connectivity index is 3.51. The lowest BCUT2D eigenvalue weighted by atomic mass is 9.99. The van der Waals surface area contributed by atoms with E-state index in [1.165, 1.54) is 32.1 Å². The Bertz CT molecular complexity index is 310. The number of carbonyl (C=O) groups excluding carboxylic acids is 1. The zero-order valence-electron chi connectivity index (χ0n) is 16.5. The third kappa shape index (κ3) is 17.1. The quantitative estimate of drug-likeness (QED) is 0.235. The van der Waals surface area contributed by atoms with Gasteiger partial charge in [0.25, 0.3) is 0 Å². The molecule has 0 bridgehead atoms. The Hall–Kier alpha value is -0.120. The molecule has 0 aromatic rings. The molecule has 0 aliphatic rings. The standard InChI is InChI=1S/C21H41ClO3/c1-3-4-5-12-15-19(24)17-20(22)21(25)16-13-10-8-6-7-9-11-14-18(2)23/h19-21,24-25H,3-17H2,1-2H3. The van der Waals surface area contributed by atoms with Gasteiger partial charge in [0.2, 0.25) is 0 Å². The predicted molar refractivity (Wildman–Crippen MR) is 107 cm³/mol. The van der Waals surface area contributed by atoms with Crippen LogP contribution in [0.4, 0.5) is 0 Å². The fourth-order valence-corrected chi connectivity index (χ4v) is 3.47. The Kier molecular flexibility index (Phi) is 17.2. The average Bonchev–Trinajstić information content (AvgIpc) is 2.56. The van der Waals surface area contributed by atoms with Gasteiger partial charge in [0.1, 0.15) is 5.78 Å². The van der Waals surface area contributed by atoms with Gasteiger partial charge in [-0.15, -0.1) is 11.6 Å². The van der Waals surface area contributed by atoms with Gasteiger partial charge in [-0.25, -0.2) is 0 Å². The number of Topliss-reactive ketones (excluding diaryl/α,β-unsaturated/α-hetero) is 1. The summed E-state index contributed by atoms with van der Waals surface area (Å²) < 4.78 is 0. The first-order valence-electron chi connectivity index (χ1n) is 10.5. The van der Waals surface area contributed by atoms with Crippen LogP contribution >= 0.6 is 11.6 Å². The van der Waals surface area contributed by atoms with E-state index >= 15 is 0 Å². The van der Waals surface area contributed by atoms with E-state index in [1.54, 1.807) is 6.92 Å². The zero-order chi connectivity index (χ0) is 18.9. The summed E-state index contributed by atoms with van der Waals surface area (Å²) in [5.41, 5.74) is 0. The number of rotatable bonds is 18. The lowest BCUT2D eigenvalue weighted by Gasteiger charge is -2.20. The van der Waals surface area contributed by atoms with Crippen molar-refractivity contribution in [1.29, 1.82) is 0 Å². The third-order valence-corrected chi connectivity index (χ3v) is 5.30. The van der Waals surface area contributed by atoms with Crippen molar-refractivity contribution in [3.05, 3.63) is 0 Å². The van der Waals surface area contributed by atoms with E-state index in [2.05, 4.69) is 6.92 Å². The van der Waals surface area contributed by atoms with Gasteiger partial charge in [-0.3, -0.25) is 0 Å². The molecule has 0 spiro atoms. The summed E-state index contributed by atoms with van der Waals surface area (Å²) in [6, 6.07) is 0. The number of hydrogen-bond acceptors (Lipinski definition) is 3. The smallest absolute Gasteiger partial charge is 0.129 e. The first-order valence-corrected chi connectivity index (χ1v) is 10.9. The molecule has 0 saturated heterocycles. The molecule has 0 fully saturated rings. The van der Waals surface area contributed by atoms with Crippen LogP contribution < -0.4 is 0 Å². The first-order chi connectivity index (χ1) is 12.0. The van der Waals surface area contributed by atoms with Crippen LogP contribution in [-0.4, -0.2) is 33.6 Å². The molecule has 0 aliphatic heterocycles. The number of ketones is 1. The summed E-state index contributed by atoms with van der Waals surface area (Å²) in [5.74, 6) is 0.288. The van der Waals surface area contributed by atoms with Crippen molar-refractivity contribution in [2.45, 2.75) is 128 Å². The van der Waals surface area contributed by atoms with E-state index < -0.39 is 6.10 Å². The van der Waals surface area contributed by atoms with Crippen molar-refractivity contribution in [3.8, 4) is 0 Å². The van der Waals surface area contributed by atoms with Crippen LogP contribution in [-0.2, 0) is 4.79 Å². The van der Waals surface area contributed by atoms with Gasteiger partial charge in [-0.05, 0) is 32.6 Å². The zero-order valence-corrected chi connectivity index (χ0v) is 17.3. The highest BCUT2D eigenvalue weighted by Crippen LogP contribution is 2.19. The lowest BCUT2D eigenvalue weighted by Crippen LogP contribution is -2.25. The van der Waals surface area contributed by atoms with Crippen LogP contribution in [0.2, 0.25) is 0 Å². The van der Waals surface area contributed by atoms with Crippen LogP contribution in [0.25, 0.3) is 0 Å². The SMILES string of the molecule is CCCCCCC(O)CC(Cl)C(O)CCCCCCCCCC(C)=O. The molecule has 4 heteroatoms. The van der Waals surface area contributed by atoms with Crippen molar-refractivity contribution in [1.82, 2.24) is 0 Å². The molecule has 0 amide bonds. The van der Waals surface area contributed by atoms with Crippen LogP contribution in [0.1, 0.15) is 110 Å². The fraction of sp³-hybridized carbons (Fsp3) is 0.952. The molecule has 3 unspecified atom stereocenters. The van der Waals surface area contributed by atoms with E-state index in [9.17, 15) is 15.0 Å². The topological polar surface area (TPSA) is 57.5 Å². The molecular formula is C21H41ClO3. The van der Waals surface area contributed by atoms with E-state index in [1.807, 2.05) is 0 Å². The molecule has 0 radical (unpaired) electrons. The molecule has 0 heterocycles. The molecule has 25 heavy (non-hydrogen) atoms. The fourth-order valence-electron chi connectivity index (χ4n) is 3.13. The van der Waals surface area contributed by atoms with E-state index in [4.69, 9.17) is 11.6 Å². The van der Waals surface area contributed by atoms with Crippen molar-refractivity contribution in [2.24, 2.45) is 0 Å². The average molecular weight is 377 g/mol. The molecule has 0 aromatic carbocycles. The summed E-state index contributed by atoms with van der Waals surface area (Å²) in [6.07, 6.45) is 14.3. The first kappa shape index (κ1) is 24.9. The number of unbranched alkanes of at least 4 members (excludes halogenated alkanes) is 9. The maximum absolute atomic E-state index is 10.8. The van der Waals surface area contributed by atoms with Crippen LogP contribution in [0.15, 0.2) is 0 Å².